The molecular weight excluding hydrogens is 364 g/mol. The van der Waals surface area contributed by atoms with Crippen LogP contribution in [-0.2, 0) is 14.8 Å². The van der Waals surface area contributed by atoms with Gasteiger partial charge >= 0.3 is 0 Å². The number of nitrogens with one attached hydrogen (secondary N) is 1. The predicted molar refractivity (Wildman–Crippen MR) is 108 cm³/mol. The van der Waals surface area contributed by atoms with Crippen LogP contribution in [0.25, 0.3) is 0 Å². The van der Waals surface area contributed by atoms with Crippen LogP contribution in [0.1, 0.15) is 46.0 Å². The van der Waals surface area contributed by atoms with Crippen molar-refractivity contribution in [2.45, 2.75) is 52.1 Å². The van der Waals surface area contributed by atoms with Crippen molar-refractivity contribution in [3.05, 3.63) is 35.9 Å². The van der Waals surface area contributed by atoms with Gasteiger partial charge in [-0.15, -0.1) is 0 Å². The van der Waals surface area contributed by atoms with Crippen molar-refractivity contribution in [2.24, 2.45) is 0 Å². The highest BCUT2D eigenvalue weighted by Crippen LogP contribution is 2.25. The molecule has 0 heterocycles. The summed E-state index contributed by atoms with van der Waals surface area (Å²) < 4.78 is 31.1. The number of hydrogen-bond acceptors (Lipinski definition) is 4. The number of ether oxygens (including phenoxy) is 1. The Bertz CT molecular complexity index is 772. The van der Waals surface area contributed by atoms with Gasteiger partial charge in [0.1, 0.15) is 5.75 Å². The summed E-state index contributed by atoms with van der Waals surface area (Å²) >= 11 is 0. The van der Waals surface area contributed by atoms with Gasteiger partial charge in [0, 0.05) is 6.54 Å². The van der Waals surface area contributed by atoms with Gasteiger partial charge in [-0.2, -0.15) is 4.31 Å². The van der Waals surface area contributed by atoms with Crippen molar-refractivity contribution in [3.8, 4) is 5.75 Å². The van der Waals surface area contributed by atoms with Gasteiger partial charge < -0.3 is 10.1 Å². The Morgan fingerprint density at radius 3 is 2.63 bits per heavy atom. The Morgan fingerprint density at radius 2 is 2.00 bits per heavy atom. The molecule has 0 bridgehead atoms. The molecule has 0 atom stereocenters. The fourth-order valence-electron chi connectivity index (χ4n) is 3.04. The second-order valence-corrected chi connectivity index (χ2v) is 9.15. The number of sulfonamides is 1. The van der Waals surface area contributed by atoms with E-state index in [-0.39, 0.29) is 18.6 Å². The summed E-state index contributed by atoms with van der Waals surface area (Å²) in [4.78, 5) is 12.5. The molecular formula is C20H30N2O4S. The number of carbonyl (C=O) groups excluding carboxylic acids is 1. The zero-order chi connectivity index (χ0) is 19.9. The maximum absolute atomic E-state index is 12.5. The topological polar surface area (TPSA) is 75.7 Å². The molecule has 7 heteroatoms. The number of anilines is 1. The zero-order valence-corrected chi connectivity index (χ0v) is 17.2. The maximum Gasteiger partial charge on any atom is 0.239 e. The molecule has 0 saturated heterocycles. The zero-order valence-electron chi connectivity index (χ0n) is 16.4. The van der Waals surface area contributed by atoms with Gasteiger partial charge in [-0.25, -0.2) is 8.42 Å². The lowest BCUT2D eigenvalue weighted by molar-refractivity contribution is -0.116. The van der Waals surface area contributed by atoms with E-state index in [4.69, 9.17) is 4.74 Å². The van der Waals surface area contributed by atoms with Gasteiger partial charge in [0.15, 0.2) is 0 Å². The molecule has 1 aromatic rings. The van der Waals surface area contributed by atoms with E-state index in [0.29, 0.717) is 24.4 Å². The standard InChI is InChI=1S/C20H30N2O4S/c1-16(2)26-19-12-8-7-11-18(19)21-20(23)15-22(27(3,24)25)14-13-17-9-5-4-6-10-17/h7-9,11-12,16H,4-6,10,13-15H2,1-3H3,(H,21,23). The molecule has 0 saturated carbocycles. The highest BCUT2D eigenvalue weighted by atomic mass is 32.2. The normalized spacial score (nSPS) is 14.9. The van der Waals surface area contributed by atoms with Crippen LogP contribution in [0.15, 0.2) is 35.9 Å². The first-order valence-electron chi connectivity index (χ1n) is 9.44. The average Bonchev–Trinajstić information content (AvgIpc) is 2.60. The van der Waals surface area contributed by atoms with Crippen LogP contribution >= 0.6 is 0 Å². The third-order valence-electron chi connectivity index (χ3n) is 4.38. The van der Waals surface area contributed by atoms with E-state index in [9.17, 15) is 13.2 Å². The van der Waals surface area contributed by atoms with Crippen LogP contribution < -0.4 is 10.1 Å². The van der Waals surface area contributed by atoms with Crippen LogP contribution in [-0.4, -0.2) is 44.1 Å². The van der Waals surface area contributed by atoms with E-state index in [0.717, 1.165) is 25.5 Å². The van der Waals surface area contributed by atoms with Crippen molar-refractivity contribution in [1.29, 1.82) is 0 Å². The van der Waals surface area contributed by atoms with E-state index in [1.54, 1.807) is 18.2 Å². The molecule has 150 valence electrons. The quantitative estimate of drug-likeness (QED) is 0.650. The minimum Gasteiger partial charge on any atom is -0.489 e. The van der Waals surface area contributed by atoms with Crippen LogP contribution in [0, 0.1) is 0 Å². The molecule has 0 fully saturated rings. The summed E-state index contributed by atoms with van der Waals surface area (Å²) in [6, 6.07) is 7.15. The van der Waals surface area contributed by atoms with Gasteiger partial charge in [0.25, 0.3) is 0 Å². The van der Waals surface area contributed by atoms with Crippen molar-refractivity contribution in [2.75, 3.05) is 24.7 Å². The third kappa shape index (κ3) is 7.34. The second-order valence-electron chi connectivity index (χ2n) is 7.17. The molecule has 1 aliphatic carbocycles. The largest absolute Gasteiger partial charge is 0.489 e. The first-order valence-corrected chi connectivity index (χ1v) is 11.3. The molecule has 2 rings (SSSR count). The Hall–Kier alpha value is -1.86. The van der Waals surface area contributed by atoms with Crippen molar-refractivity contribution >= 4 is 21.6 Å². The average molecular weight is 395 g/mol. The van der Waals surface area contributed by atoms with Gasteiger partial charge in [0.05, 0.1) is 24.6 Å². The van der Waals surface area contributed by atoms with E-state index in [2.05, 4.69) is 11.4 Å². The second kappa shape index (κ2) is 9.90. The Labute approximate surface area is 162 Å². The first-order chi connectivity index (χ1) is 12.8. The predicted octanol–water partition coefficient (Wildman–Crippen LogP) is 3.56. The van der Waals surface area contributed by atoms with Crippen molar-refractivity contribution < 1.29 is 17.9 Å². The lowest BCUT2D eigenvalue weighted by Crippen LogP contribution is -2.38. The number of hydrogen-bond donors (Lipinski definition) is 1. The van der Waals surface area contributed by atoms with E-state index >= 15 is 0 Å². The molecule has 1 aromatic carbocycles. The number of benzene rings is 1. The molecule has 27 heavy (non-hydrogen) atoms. The number of amides is 1. The molecule has 0 spiro atoms. The summed E-state index contributed by atoms with van der Waals surface area (Å²) in [6.07, 6.45) is 8.41. The molecule has 0 radical (unpaired) electrons. The van der Waals surface area contributed by atoms with Gasteiger partial charge in [-0.05, 0) is 58.1 Å². The van der Waals surface area contributed by atoms with Crippen molar-refractivity contribution in [1.82, 2.24) is 4.31 Å². The number of allylic oxidation sites excluding steroid dienone is 1. The van der Waals surface area contributed by atoms with E-state index in [1.807, 2.05) is 19.9 Å². The van der Waals surface area contributed by atoms with Crippen LogP contribution in [0.5, 0.6) is 5.75 Å². The summed E-state index contributed by atoms with van der Waals surface area (Å²) in [6.45, 7) is 3.93. The molecule has 0 aromatic heterocycles. The summed E-state index contributed by atoms with van der Waals surface area (Å²) in [5, 5.41) is 2.77. The monoisotopic (exact) mass is 394 g/mol. The van der Waals surface area contributed by atoms with Crippen LogP contribution in [0.4, 0.5) is 5.69 Å². The highest BCUT2D eigenvalue weighted by Gasteiger charge is 2.21. The number of carbonyl (C=O) groups is 1. The molecule has 0 aliphatic heterocycles. The SMILES string of the molecule is CC(C)Oc1ccccc1NC(=O)CN(CCC1=CCCCC1)S(C)(=O)=O. The van der Waals surface area contributed by atoms with Crippen LogP contribution in [0.3, 0.4) is 0 Å². The minimum absolute atomic E-state index is 0.0284. The van der Waals surface area contributed by atoms with E-state index < -0.39 is 10.0 Å². The lowest BCUT2D eigenvalue weighted by Gasteiger charge is -2.22. The smallest absolute Gasteiger partial charge is 0.239 e. The summed E-state index contributed by atoms with van der Waals surface area (Å²) in [7, 11) is -3.47. The van der Waals surface area contributed by atoms with Crippen LogP contribution in [0.2, 0.25) is 0 Å². The Morgan fingerprint density at radius 1 is 1.26 bits per heavy atom. The van der Waals surface area contributed by atoms with Gasteiger partial charge in [-0.3, -0.25) is 4.79 Å². The maximum atomic E-state index is 12.5. The molecule has 1 amide bonds. The molecule has 6 nitrogen and oxygen atoms in total. The fraction of sp³-hybridized carbons (Fsp3) is 0.550. The number of nitrogens with zero attached hydrogens (tertiary/aromatic N) is 1. The summed E-state index contributed by atoms with van der Waals surface area (Å²) in [5.74, 6) is 0.192. The van der Waals surface area contributed by atoms with E-state index in [1.165, 1.54) is 16.3 Å². The minimum atomic E-state index is -3.47. The fourth-order valence-corrected chi connectivity index (χ4v) is 3.81. The first kappa shape index (κ1) is 21.4. The molecule has 1 aliphatic rings. The Balaban J connectivity index is 2.00. The molecule has 0 unspecified atom stereocenters. The highest BCUT2D eigenvalue weighted by molar-refractivity contribution is 7.88. The number of rotatable bonds is 9. The van der Waals surface area contributed by atoms with Gasteiger partial charge in [0.2, 0.25) is 15.9 Å². The third-order valence-corrected chi connectivity index (χ3v) is 5.63. The number of para-hydroxylation sites is 2. The molecule has 1 N–H and O–H groups in total. The Kier molecular flexibility index (Phi) is 7.86. The van der Waals surface area contributed by atoms with Crippen molar-refractivity contribution in [3.63, 3.8) is 0 Å². The lowest BCUT2D eigenvalue weighted by atomic mass is 9.97. The van der Waals surface area contributed by atoms with Gasteiger partial charge in [-0.1, -0.05) is 23.8 Å². The summed E-state index contributed by atoms with van der Waals surface area (Å²) in [5.41, 5.74) is 1.82.